The highest BCUT2D eigenvalue weighted by Crippen LogP contribution is 1.96. The van der Waals surface area contributed by atoms with Crippen LogP contribution in [0.1, 0.15) is 48.5 Å². The predicted octanol–water partition coefficient (Wildman–Crippen LogP) is -7.83. The summed E-state index contributed by atoms with van der Waals surface area (Å²) in [7, 11) is 8.68. The van der Waals surface area contributed by atoms with Crippen molar-refractivity contribution in [3.05, 3.63) is 131 Å². The first-order valence-corrected chi connectivity index (χ1v) is 49.3. The molecule has 0 aromatic carbocycles. The van der Waals surface area contributed by atoms with Crippen molar-refractivity contribution in [2.45, 2.75) is 141 Å². The van der Waals surface area contributed by atoms with E-state index in [1.165, 1.54) is 0 Å². The Morgan fingerprint density at radius 2 is 0.268 bits per heavy atom. The first-order valence-electron chi connectivity index (χ1n) is 49.3. The Labute approximate surface area is 878 Å². The third-order valence-electron chi connectivity index (χ3n) is 18.0. The molecule has 0 bridgehead atoms. The summed E-state index contributed by atoms with van der Waals surface area (Å²) in [5.41, 5.74) is 0. The molecule has 53 nitrogen and oxygen atoms in total. The number of hydrogen-bond donors (Lipinski definition) is 0. The molecule has 862 valence electrons. The van der Waals surface area contributed by atoms with Crippen LogP contribution in [0.5, 0.6) is 0 Å². The number of carboxylic acid groups (broad SMARTS) is 4. The topological polar surface area (TPSA) is 550 Å². The van der Waals surface area contributed by atoms with Crippen LogP contribution in [0.4, 0.5) is 0 Å². The molecule has 0 atom stereocenters. The van der Waals surface area contributed by atoms with Crippen LogP contribution < -0.4 is 67.5 Å². The molecule has 0 unspecified atom stereocenters. The van der Waals surface area contributed by atoms with E-state index in [1.807, 2.05) is 163 Å². The molecular formula is C95H175BN14O39. The highest BCUT2D eigenvalue weighted by Gasteiger charge is 2.10. The van der Waals surface area contributed by atoms with Gasteiger partial charge in [-0.1, -0.05) is 0 Å². The first kappa shape index (κ1) is 144. The van der Waals surface area contributed by atoms with Gasteiger partial charge in [-0.3, -0.25) is 7.32 Å². The summed E-state index contributed by atoms with van der Waals surface area (Å²) in [6.07, 6.45) is 42.3. The molecule has 0 N–H and O–H groups in total. The van der Waals surface area contributed by atoms with Crippen LogP contribution >= 0.6 is 0 Å². The van der Waals surface area contributed by atoms with E-state index in [4.69, 9.17) is 187 Å². The van der Waals surface area contributed by atoms with E-state index in [-0.39, 0.29) is 0 Å². The largest absolute Gasteiger partial charge is 0.907 e. The van der Waals surface area contributed by atoms with E-state index in [0.29, 0.717) is 325 Å². The van der Waals surface area contributed by atoms with E-state index in [2.05, 4.69) is 80.4 Å². The molecule has 0 aliphatic carbocycles. The summed E-state index contributed by atoms with van der Waals surface area (Å²) in [5.74, 6) is -8.74. The summed E-state index contributed by atoms with van der Waals surface area (Å²) >= 11 is 0. The third-order valence-corrected chi connectivity index (χ3v) is 18.0. The Bertz CT molecular complexity index is 3300. The fourth-order valence-electron chi connectivity index (χ4n) is 10.2. The van der Waals surface area contributed by atoms with Gasteiger partial charge in [0.15, 0.2) is 47.1 Å². The summed E-state index contributed by atoms with van der Waals surface area (Å²) in [5, 5.41) is 61.0. The SMILES string of the molecule is CCn1cc[n+](COCCOCCOCCOC)c1.CCn1cc[n+](COCCOCCOCCOC)c1.CCn1cc[n+](COCCOCCOCCOC)c1.CCn1cc[n+](COCCOCCOCCOC)c1.CCn1cc[n+](COCCOCCOCCOC)c1.CCn1cc[n+](COCCOCCOCCOC)c1.CCn1cc[n+](COCCOCCOCCOC)c1.O=C([O-])C(=O)[O-].O=C([O-])C(=O)[O-].[O-]B([O-])[O-]. The molecule has 0 aliphatic heterocycles. The average Bonchev–Trinajstić information content (AvgIpc) is 1.81. The second-order valence-corrected chi connectivity index (χ2v) is 29.5. The first-order chi connectivity index (χ1) is 72.6. The van der Waals surface area contributed by atoms with Gasteiger partial charge in [0.25, 0.3) is 0 Å². The fourth-order valence-corrected chi connectivity index (χ4v) is 10.2. The van der Waals surface area contributed by atoms with Crippen molar-refractivity contribution < 1.29 is 219 Å². The summed E-state index contributed by atoms with van der Waals surface area (Å²) in [6, 6.07) is 0. The van der Waals surface area contributed by atoms with Gasteiger partial charge in [-0.2, -0.15) is 0 Å². The van der Waals surface area contributed by atoms with Gasteiger partial charge < -0.3 is 187 Å². The lowest BCUT2D eigenvalue weighted by Gasteiger charge is -2.35. The molecule has 0 spiro atoms. The number of carboxylic acids is 4. The number of rotatable bonds is 84. The molecule has 7 aromatic heterocycles. The molecular weight excluding hydrogens is 1970 g/mol. The number of carbonyl (C=O) groups is 4. The number of carbonyl (C=O) groups excluding carboxylic acids is 4. The number of methoxy groups -OCH3 is 7. The Balaban J connectivity index is -0.00000163. The molecule has 54 heteroatoms. The number of nitrogens with zero attached hydrogens (tertiary/aromatic N) is 14. The van der Waals surface area contributed by atoms with Crippen LogP contribution in [0.15, 0.2) is 131 Å². The van der Waals surface area contributed by atoms with Gasteiger partial charge in [0.2, 0.25) is 44.3 Å². The van der Waals surface area contributed by atoms with E-state index >= 15 is 0 Å². The van der Waals surface area contributed by atoms with Gasteiger partial charge in [0.05, 0.1) is 347 Å². The maximum atomic E-state index is 8.93. The van der Waals surface area contributed by atoms with E-state index < -0.39 is 31.2 Å². The van der Waals surface area contributed by atoms with Crippen LogP contribution in [0.25, 0.3) is 0 Å². The van der Waals surface area contributed by atoms with Crippen molar-refractivity contribution >= 4 is 31.2 Å². The molecule has 0 fully saturated rings. The van der Waals surface area contributed by atoms with E-state index in [0.717, 1.165) is 45.8 Å². The Kier molecular flexibility index (Phi) is 110. The molecule has 0 aliphatic rings. The third kappa shape index (κ3) is 102. The molecule has 149 heavy (non-hydrogen) atoms. The normalized spacial score (nSPS) is 10.6. The van der Waals surface area contributed by atoms with Crippen molar-refractivity contribution in [1.29, 1.82) is 0 Å². The lowest BCUT2D eigenvalue weighted by atomic mass is 10.3. The minimum atomic E-state index is -2.92. The molecule has 0 amide bonds. The van der Waals surface area contributed by atoms with Gasteiger partial charge in [-0.15, -0.1) is 0 Å². The fraction of sp³-hybridized carbons (Fsp3) is 0.737. The highest BCUT2D eigenvalue weighted by molar-refractivity contribution is 6.25. The minimum Gasteiger partial charge on any atom is -0.907 e. The number of aromatic nitrogens is 14. The van der Waals surface area contributed by atoms with Crippen LogP contribution in [0.2, 0.25) is 0 Å². The Morgan fingerprint density at radius 3 is 0.342 bits per heavy atom. The number of hydrogen-bond acceptors (Lipinski definition) is 39. The van der Waals surface area contributed by atoms with Crippen LogP contribution in [0, 0.1) is 0 Å². The van der Waals surface area contributed by atoms with Crippen LogP contribution in [-0.4, -0.2) is 390 Å². The minimum absolute atomic E-state index is 0.556. The zero-order chi connectivity index (χ0) is 110. The number of ether oxygens (including phenoxy) is 28. The Hall–Kier alpha value is -8.83. The highest BCUT2D eigenvalue weighted by atomic mass is 16.6. The van der Waals surface area contributed by atoms with Crippen LogP contribution in [0.3, 0.4) is 0 Å². The zero-order valence-electron chi connectivity index (χ0n) is 90.5. The predicted molar refractivity (Wildman–Crippen MR) is 514 cm³/mol. The van der Waals surface area contributed by atoms with Crippen molar-refractivity contribution in [2.24, 2.45) is 0 Å². The van der Waals surface area contributed by atoms with Gasteiger partial charge in [0, 0.05) is 49.8 Å². The van der Waals surface area contributed by atoms with Crippen molar-refractivity contribution in [2.75, 3.05) is 327 Å². The van der Waals surface area contributed by atoms with Crippen molar-refractivity contribution in [3.8, 4) is 0 Å². The molecule has 7 heterocycles. The molecule has 7 rings (SSSR count). The summed E-state index contributed by atoms with van der Waals surface area (Å²) < 4.78 is 176. The molecule has 0 saturated heterocycles. The van der Waals surface area contributed by atoms with Crippen LogP contribution in [-0.2, 0) is 245 Å². The monoisotopic (exact) mass is 2150 g/mol. The average molecular weight is 2150 g/mol. The lowest BCUT2D eigenvalue weighted by molar-refractivity contribution is -0.732. The second-order valence-electron chi connectivity index (χ2n) is 29.5. The van der Waals surface area contributed by atoms with Gasteiger partial charge in [0.1, 0.15) is 86.8 Å². The molecule has 7 aromatic rings. The number of aliphatic carboxylic acids is 4. The zero-order valence-corrected chi connectivity index (χ0v) is 90.5. The standard InChI is InChI=1S/7C13H25N2O4.2C2H2O4.BO3/c7*1-3-14-4-5-15(12-14)13-19-11-10-18-9-8-17-7-6-16-2;2*3-1(4)2(5)6;2-1(3)4/h7*4-5,12H,3,6-11,13H2,1-2H3;2*(H,3,4)(H,5,6);/q7*+1;;;-3/p-4. The molecule has 0 saturated carbocycles. The number of aryl methyl sites for hydroxylation is 7. The van der Waals surface area contributed by atoms with Gasteiger partial charge in [-0.25, -0.2) is 63.9 Å². The van der Waals surface area contributed by atoms with Gasteiger partial charge >= 0.3 is 0 Å². The van der Waals surface area contributed by atoms with Crippen molar-refractivity contribution in [1.82, 2.24) is 32.0 Å². The summed E-state index contributed by atoms with van der Waals surface area (Å²) in [4.78, 5) is 35.7. The maximum absolute atomic E-state index is 8.93. The smallest absolute Gasteiger partial charge is 0.245 e. The quantitative estimate of drug-likeness (QED) is 0.0148. The second kappa shape index (κ2) is 113. The lowest BCUT2D eigenvalue weighted by Crippen LogP contribution is -2.56. The summed E-state index contributed by atoms with van der Waals surface area (Å²) in [6.45, 7) is 50.6. The van der Waals surface area contributed by atoms with E-state index in [9.17, 15) is 0 Å². The maximum Gasteiger partial charge on any atom is 0.245 e. The van der Waals surface area contributed by atoms with Gasteiger partial charge in [-0.05, 0) is 48.5 Å². The number of imidazole rings is 7. The van der Waals surface area contributed by atoms with E-state index in [1.54, 1.807) is 49.8 Å². The Morgan fingerprint density at radius 1 is 0.181 bits per heavy atom. The van der Waals surface area contributed by atoms with Crippen molar-refractivity contribution in [3.63, 3.8) is 0 Å². The molecule has 0 radical (unpaired) electrons.